The lowest BCUT2D eigenvalue weighted by molar-refractivity contribution is 0.565. The van der Waals surface area contributed by atoms with Gasteiger partial charge < -0.3 is 0 Å². The second-order valence-corrected chi connectivity index (χ2v) is 5.28. The molecule has 0 N–H and O–H groups in total. The zero-order valence-electron chi connectivity index (χ0n) is 9.87. The number of tetrazole rings is 1. The van der Waals surface area contributed by atoms with Gasteiger partial charge in [0.2, 0.25) is 5.16 Å². The minimum Gasteiger partial charge on any atom is -0.217 e. The van der Waals surface area contributed by atoms with Gasteiger partial charge in [-0.2, -0.15) is 5.26 Å². The first-order chi connectivity index (χ1) is 8.79. The van der Waals surface area contributed by atoms with Gasteiger partial charge in [0.05, 0.1) is 11.6 Å². The van der Waals surface area contributed by atoms with Gasteiger partial charge in [-0.3, -0.25) is 0 Å². The van der Waals surface area contributed by atoms with Crippen LogP contribution in [0.3, 0.4) is 0 Å². The Morgan fingerprint density at radius 2 is 2.28 bits per heavy atom. The molecule has 1 heterocycles. The van der Waals surface area contributed by atoms with Crippen LogP contribution in [0.5, 0.6) is 0 Å². The van der Waals surface area contributed by atoms with E-state index < -0.39 is 0 Å². The molecule has 0 bridgehead atoms. The first-order valence-electron chi connectivity index (χ1n) is 5.75. The molecule has 18 heavy (non-hydrogen) atoms. The molecular weight excluding hydrogens is 246 g/mol. The van der Waals surface area contributed by atoms with Gasteiger partial charge >= 0.3 is 0 Å². The van der Waals surface area contributed by atoms with Crippen molar-refractivity contribution in [3.05, 3.63) is 29.3 Å². The van der Waals surface area contributed by atoms with Crippen LogP contribution in [-0.4, -0.2) is 20.2 Å². The Morgan fingerprint density at radius 3 is 3.00 bits per heavy atom. The maximum absolute atomic E-state index is 9.14. The average Bonchev–Trinajstić information content (AvgIpc) is 3.12. The summed E-state index contributed by atoms with van der Waals surface area (Å²) in [6, 6.07) is 8.36. The van der Waals surface area contributed by atoms with E-state index in [0.29, 0.717) is 11.6 Å². The molecule has 6 heteroatoms. The van der Waals surface area contributed by atoms with Gasteiger partial charge in [0.1, 0.15) is 6.07 Å². The summed E-state index contributed by atoms with van der Waals surface area (Å²) in [6.07, 6.45) is 2.27. The third-order valence-electron chi connectivity index (χ3n) is 2.88. The number of nitrogens with zero attached hydrogens (tertiary/aromatic N) is 5. The lowest BCUT2D eigenvalue weighted by Gasteiger charge is -2.06. The molecule has 2 aromatic rings. The Balaban J connectivity index is 1.97. The van der Waals surface area contributed by atoms with Crippen LogP contribution in [0.25, 0.3) is 0 Å². The molecule has 1 saturated carbocycles. The number of aromatic nitrogens is 4. The van der Waals surface area contributed by atoms with Crippen LogP contribution in [0, 0.1) is 18.3 Å². The lowest BCUT2D eigenvalue weighted by Crippen LogP contribution is -1.99. The quantitative estimate of drug-likeness (QED) is 0.844. The standard InChI is InChI=1S/C12H11N5S/c1-8-3-2-4-9(7-13)11(8)18-12-14-15-16-17(12)10-5-6-10/h2-4,10H,5-6H2,1H3. The third kappa shape index (κ3) is 1.97. The zero-order valence-corrected chi connectivity index (χ0v) is 10.7. The van der Waals surface area contributed by atoms with Gasteiger partial charge in [-0.05, 0) is 53.6 Å². The minimum atomic E-state index is 0.442. The van der Waals surface area contributed by atoms with Crippen LogP contribution in [0.15, 0.2) is 28.3 Å². The van der Waals surface area contributed by atoms with Crippen molar-refractivity contribution in [1.29, 1.82) is 5.26 Å². The Morgan fingerprint density at radius 1 is 1.44 bits per heavy atom. The third-order valence-corrected chi connectivity index (χ3v) is 4.08. The minimum absolute atomic E-state index is 0.442. The van der Waals surface area contributed by atoms with Gasteiger partial charge in [-0.1, -0.05) is 12.1 Å². The van der Waals surface area contributed by atoms with Crippen molar-refractivity contribution in [2.45, 2.75) is 35.9 Å². The van der Waals surface area contributed by atoms with Gasteiger partial charge in [0, 0.05) is 4.90 Å². The van der Waals surface area contributed by atoms with Crippen molar-refractivity contribution < 1.29 is 0 Å². The van der Waals surface area contributed by atoms with Crippen molar-refractivity contribution >= 4 is 11.8 Å². The predicted molar refractivity (Wildman–Crippen MR) is 66.1 cm³/mol. The van der Waals surface area contributed by atoms with Gasteiger partial charge in [0.15, 0.2) is 0 Å². The van der Waals surface area contributed by atoms with E-state index in [0.717, 1.165) is 28.5 Å². The van der Waals surface area contributed by atoms with Crippen LogP contribution in [0.2, 0.25) is 0 Å². The summed E-state index contributed by atoms with van der Waals surface area (Å²) in [6.45, 7) is 1.99. The Labute approximate surface area is 109 Å². The van der Waals surface area contributed by atoms with Crippen LogP contribution >= 0.6 is 11.8 Å². The SMILES string of the molecule is Cc1cccc(C#N)c1Sc1nnnn1C1CC1. The molecule has 0 unspecified atom stereocenters. The first kappa shape index (κ1) is 11.2. The molecule has 0 saturated heterocycles. The average molecular weight is 257 g/mol. The molecular formula is C12H11N5S. The summed E-state index contributed by atoms with van der Waals surface area (Å²) < 4.78 is 1.86. The lowest BCUT2D eigenvalue weighted by atomic mass is 10.1. The Kier molecular flexibility index (Phi) is 2.76. The zero-order chi connectivity index (χ0) is 12.5. The van der Waals surface area contributed by atoms with Gasteiger partial charge in [-0.25, -0.2) is 4.68 Å². The summed E-state index contributed by atoms with van der Waals surface area (Å²) in [5.74, 6) is 0. The Bertz CT molecular complexity index is 624. The van der Waals surface area contributed by atoms with E-state index in [4.69, 9.17) is 5.26 Å². The molecule has 0 spiro atoms. The summed E-state index contributed by atoms with van der Waals surface area (Å²) in [5.41, 5.74) is 1.75. The molecule has 5 nitrogen and oxygen atoms in total. The predicted octanol–water partition coefficient (Wildman–Crippen LogP) is 2.34. The molecule has 0 aliphatic heterocycles. The molecule has 0 amide bonds. The van der Waals surface area contributed by atoms with E-state index in [1.807, 2.05) is 29.8 Å². The van der Waals surface area contributed by atoms with E-state index in [2.05, 4.69) is 21.6 Å². The normalized spacial score (nSPS) is 14.4. The topological polar surface area (TPSA) is 67.4 Å². The van der Waals surface area contributed by atoms with E-state index in [-0.39, 0.29) is 0 Å². The number of aryl methyl sites for hydroxylation is 1. The molecule has 1 fully saturated rings. The van der Waals surface area contributed by atoms with Crippen molar-refractivity contribution in [2.24, 2.45) is 0 Å². The maximum atomic E-state index is 9.14. The summed E-state index contributed by atoms with van der Waals surface area (Å²) >= 11 is 1.47. The van der Waals surface area contributed by atoms with Gasteiger partial charge in [-0.15, -0.1) is 5.10 Å². The molecule has 0 atom stereocenters. The van der Waals surface area contributed by atoms with E-state index >= 15 is 0 Å². The highest BCUT2D eigenvalue weighted by Gasteiger charge is 2.28. The smallest absolute Gasteiger partial charge is 0.214 e. The highest BCUT2D eigenvalue weighted by Crippen LogP contribution is 2.39. The van der Waals surface area contributed by atoms with Crippen LogP contribution in [-0.2, 0) is 0 Å². The van der Waals surface area contributed by atoms with E-state index in [1.165, 1.54) is 11.8 Å². The van der Waals surface area contributed by atoms with Crippen LogP contribution in [0.4, 0.5) is 0 Å². The molecule has 90 valence electrons. The fourth-order valence-electron chi connectivity index (χ4n) is 1.77. The molecule has 1 aromatic carbocycles. The first-order valence-corrected chi connectivity index (χ1v) is 6.56. The van der Waals surface area contributed by atoms with Crippen LogP contribution in [0.1, 0.15) is 30.0 Å². The van der Waals surface area contributed by atoms with Crippen LogP contribution < -0.4 is 0 Å². The summed E-state index contributed by atoms with van der Waals surface area (Å²) in [7, 11) is 0. The van der Waals surface area contributed by atoms with Crippen molar-refractivity contribution in [3.63, 3.8) is 0 Å². The Hall–Kier alpha value is -1.87. The summed E-state index contributed by atoms with van der Waals surface area (Å²) in [4.78, 5) is 0.941. The van der Waals surface area contributed by atoms with Gasteiger partial charge in [0.25, 0.3) is 0 Å². The molecule has 0 radical (unpaired) electrons. The number of hydrogen-bond donors (Lipinski definition) is 0. The van der Waals surface area contributed by atoms with Crippen molar-refractivity contribution in [3.8, 4) is 6.07 Å². The largest absolute Gasteiger partial charge is 0.217 e. The van der Waals surface area contributed by atoms with E-state index in [1.54, 1.807) is 0 Å². The number of benzene rings is 1. The number of rotatable bonds is 3. The fraction of sp³-hybridized carbons (Fsp3) is 0.333. The molecule has 3 rings (SSSR count). The summed E-state index contributed by atoms with van der Waals surface area (Å²) in [5, 5.41) is 21.7. The monoisotopic (exact) mass is 257 g/mol. The number of nitriles is 1. The molecule has 1 aromatic heterocycles. The highest BCUT2D eigenvalue weighted by molar-refractivity contribution is 7.99. The number of hydrogen-bond acceptors (Lipinski definition) is 5. The van der Waals surface area contributed by atoms with Crippen molar-refractivity contribution in [1.82, 2.24) is 20.2 Å². The maximum Gasteiger partial charge on any atom is 0.214 e. The van der Waals surface area contributed by atoms with Crippen molar-refractivity contribution in [2.75, 3.05) is 0 Å². The highest BCUT2D eigenvalue weighted by atomic mass is 32.2. The second kappa shape index (κ2) is 4.42. The second-order valence-electron chi connectivity index (χ2n) is 4.30. The molecule has 1 aliphatic carbocycles. The molecule has 1 aliphatic rings. The van der Waals surface area contributed by atoms with E-state index in [9.17, 15) is 0 Å². The fourth-order valence-corrected chi connectivity index (χ4v) is 2.76.